The third kappa shape index (κ3) is 3.08. The Hall–Kier alpha value is -1.85. The zero-order chi connectivity index (χ0) is 12.1. The first-order chi connectivity index (χ1) is 7.54. The summed E-state index contributed by atoms with van der Waals surface area (Å²) in [5, 5.41) is 8.59. The quantitative estimate of drug-likeness (QED) is 0.668. The molecule has 4 N–H and O–H groups in total. The third-order valence-corrected chi connectivity index (χ3v) is 2.19. The summed E-state index contributed by atoms with van der Waals surface area (Å²) in [4.78, 5) is 28.5. The van der Waals surface area contributed by atoms with Crippen LogP contribution in [0.5, 0.6) is 0 Å². The number of aromatic amines is 1. The second-order valence-electron chi connectivity index (χ2n) is 3.55. The molecule has 1 aromatic heterocycles. The zero-order valence-corrected chi connectivity index (χ0v) is 9.12. The third-order valence-electron chi connectivity index (χ3n) is 2.19. The van der Waals surface area contributed by atoms with Crippen molar-refractivity contribution in [3.05, 3.63) is 21.7 Å². The van der Waals surface area contributed by atoms with Gasteiger partial charge in [-0.25, -0.2) is 4.98 Å². The number of carboxylic acid groups (broad SMARTS) is 1. The van der Waals surface area contributed by atoms with Crippen LogP contribution >= 0.6 is 0 Å². The molecule has 0 amide bonds. The number of nitrogens with two attached hydrogens (primary N) is 1. The van der Waals surface area contributed by atoms with E-state index in [1.807, 2.05) is 6.92 Å². The minimum Gasteiger partial charge on any atom is -0.481 e. The molecule has 0 bridgehead atoms. The van der Waals surface area contributed by atoms with Gasteiger partial charge in [0, 0.05) is 6.42 Å². The van der Waals surface area contributed by atoms with E-state index in [2.05, 4.69) is 9.97 Å². The number of aromatic nitrogens is 2. The van der Waals surface area contributed by atoms with E-state index in [4.69, 9.17) is 10.8 Å². The van der Waals surface area contributed by atoms with E-state index in [1.54, 1.807) is 0 Å². The van der Waals surface area contributed by atoms with Crippen LogP contribution in [0.2, 0.25) is 0 Å². The van der Waals surface area contributed by atoms with Crippen molar-refractivity contribution in [3.8, 4) is 0 Å². The van der Waals surface area contributed by atoms with E-state index in [-0.39, 0.29) is 11.4 Å². The van der Waals surface area contributed by atoms with Gasteiger partial charge in [0.05, 0.1) is 12.0 Å². The van der Waals surface area contributed by atoms with Crippen LogP contribution in [0.15, 0.2) is 4.79 Å². The second-order valence-corrected chi connectivity index (χ2v) is 3.55. The second kappa shape index (κ2) is 5.29. The summed E-state index contributed by atoms with van der Waals surface area (Å²) in [6.07, 6.45) is 2.13. The Morgan fingerprint density at radius 3 is 2.75 bits per heavy atom. The molecule has 6 nitrogen and oxygen atoms in total. The molecule has 0 aliphatic heterocycles. The fourth-order valence-electron chi connectivity index (χ4n) is 1.35. The molecule has 16 heavy (non-hydrogen) atoms. The molecule has 0 aromatic carbocycles. The number of nitrogens with one attached hydrogen (secondary N) is 1. The molecule has 0 saturated carbocycles. The number of nitrogen functional groups attached to an aromatic ring is 1. The molecule has 0 aliphatic rings. The van der Waals surface area contributed by atoms with Crippen molar-refractivity contribution < 1.29 is 9.90 Å². The first-order valence-electron chi connectivity index (χ1n) is 5.14. The molecular formula is C10H15N3O3. The molecule has 6 heteroatoms. The van der Waals surface area contributed by atoms with Crippen LogP contribution in [0.3, 0.4) is 0 Å². The number of anilines is 1. The molecule has 88 valence electrons. The van der Waals surface area contributed by atoms with Gasteiger partial charge < -0.3 is 15.8 Å². The Labute approximate surface area is 92.5 Å². The van der Waals surface area contributed by atoms with Crippen LogP contribution in [-0.2, 0) is 17.6 Å². The van der Waals surface area contributed by atoms with Gasteiger partial charge in [0.2, 0.25) is 0 Å². The smallest absolute Gasteiger partial charge is 0.308 e. The maximum absolute atomic E-state index is 11.5. The van der Waals surface area contributed by atoms with Gasteiger partial charge >= 0.3 is 5.97 Å². The van der Waals surface area contributed by atoms with Gasteiger partial charge in [-0.3, -0.25) is 9.59 Å². The number of aliphatic carboxylic acids is 1. The number of nitrogens with zero attached hydrogens (tertiary/aromatic N) is 1. The normalized spacial score (nSPS) is 10.3. The number of rotatable bonds is 5. The lowest BCUT2D eigenvalue weighted by Crippen LogP contribution is -2.22. The number of carboxylic acids is 1. The molecule has 0 saturated heterocycles. The molecule has 0 fully saturated rings. The maximum atomic E-state index is 11.5. The maximum Gasteiger partial charge on any atom is 0.308 e. The summed E-state index contributed by atoms with van der Waals surface area (Å²) in [6.45, 7) is 2.03. The predicted octanol–water partition coefficient (Wildman–Crippen LogP) is 0.322. The SMILES string of the molecule is CCCCc1nc(N)c(CC(=O)O)c(=O)[nH]1. The van der Waals surface area contributed by atoms with Crippen molar-refractivity contribution in [1.82, 2.24) is 9.97 Å². The topological polar surface area (TPSA) is 109 Å². The highest BCUT2D eigenvalue weighted by atomic mass is 16.4. The lowest BCUT2D eigenvalue weighted by Gasteiger charge is -2.04. The van der Waals surface area contributed by atoms with Crippen molar-refractivity contribution in [3.63, 3.8) is 0 Å². The van der Waals surface area contributed by atoms with Crippen molar-refractivity contribution in [2.24, 2.45) is 0 Å². The summed E-state index contributed by atoms with van der Waals surface area (Å²) in [6, 6.07) is 0. The van der Waals surface area contributed by atoms with Crippen LogP contribution in [0.25, 0.3) is 0 Å². The number of carbonyl (C=O) groups is 1. The Bertz CT molecular complexity index is 439. The van der Waals surface area contributed by atoms with Crippen LogP contribution < -0.4 is 11.3 Å². The Kier molecular flexibility index (Phi) is 4.04. The van der Waals surface area contributed by atoms with Crippen LogP contribution in [-0.4, -0.2) is 21.0 Å². The average Bonchev–Trinajstić information content (AvgIpc) is 2.20. The predicted molar refractivity (Wildman–Crippen MR) is 59.2 cm³/mol. The fraction of sp³-hybridized carbons (Fsp3) is 0.500. The summed E-state index contributed by atoms with van der Waals surface area (Å²) in [5.74, 6) is -0.573. The van der Waals surface area contributed by atoms with Crippen molar-refractivity contribution in [1.29, 1.82) is 0 Å². The molecular weight excluding hydrogens is 210 g/mol. The van der Waals surface area contributed by atoms with Crippen molar-refractivity contribution >= 4 is 11.8 Å². The van der Waals surface area contributed by atoms with E-state index in [0.717, 1.165) is 12.8 Å². The molecule has 1 heterocycles. The van der Waals surface area contributed by atoms with E-state index in [0.29, 0.717) is 12.2 Å². The first-order valence-corrected chi connectivity index (χ1v) is 5.14. The monoisotopic (exact) mass is 225 g/mol. The summed E-state index contributed by atoms with van der Waals surface area (Å²) in [7, 11) is 0. The summed E-state index contributed by atoms with van der Waals surface area (Å²) >= 11 is 0. The van der Waals surface area contributed by atoms with Gasteiger partial charge in [-0.15, -0.1) is 0 Å². The van der Waals surface area contributed by atoms with E-state index in [9.17, 15) is 9.59 Å². The van der Waals surface area contributed by atoms with Gasteiger partial charge in [-0.2, -0.15) is 0 Å². The molecule has 0 atom stereocenters. The molecule has 0 radical (unpaired) electrons. The Balaban J connectivity index is 2.98. The highest BCUT2D eigenvalue weighted by molar-refractivity contribution is 5.71. The summed E-state index contributed by atoms with van der Waals surface area (Å²) < 4.78 is 0. The van der Waals surface area contributed by atoms with Gasteiger partial charge in [0.1, 0.15) is 11.6 Å². The minimum absolute atomic E-state index is 0.0113. The standard InChI is InChI=1S/C10H15N3O3/c1-2-3-4-7-12-9(11)6(5-8(14)15)10(16)13-7/h2-5H2,1H3,(H,14,15)(H3,11,12,13,16). The van der Waals surface area contributed by atoms with E-state index >= 15 is 0 Å². The largest absolute Gasteiger partial charge is 0.481 e. The number of unbranched alkanes of at least 4 members (excludes halogenated alkanes) is 1. The number of aryl methyl sites for hydroxylation is 1. The van der Waals surface area contributed by atoms with Crippen LogP contribution in [0, 0.1) is 0 Å². The minimum atomic E-state index is -1.10. The van der Waals surface area contributed by atoms with Gasteiger partial charge in [-0.05, 0) is 6.42 Å². The number of hydrogen-bond acceptors (Lipinski definition) is 4. The fourth-order valence-corrected chi connectivity index (χ4v) is 1.35. The lowest BCUT2D eigenvalue weighted by molar-refractivity contribution is -0.136. The Morgan fingerprint density at radius 1 is 1.56 bits per heavy atom. The van der Waals surface area contributed by atoms with Crippen molar-refractivity contribution in [2.45, 2.75) is 32.6 Å². The molecule has 1 rings (SSSR count). The molecule has 0 spiro atoms. The van der Waals surface area contributed by atoms with Crippen LogP contribution in [0.4, 0.5) is 5.82 Å². The Morgan fingerprint density at radius 2 is 2.25 bits per heavy atom. The number of H-pyrrole nitrogens is 1. The van der Waals surface area contributed by atoms with E-state index < -0.39 is 17.9 Å². The zero-order valence-electron chi connectivity index (χ0n) is 9.12. The average molecular weight is 225 g/mol. The van der Waals surface area contributed by atoms with Gasteiger partial charge in [0.25, 0.3) is 5.56 Å². The highest BCUT2D eigenvalue weighted by Crippen LogP contribution is 2.05. The van der Waals surface area contributed by atoms with Gasteiger partial charge in [0.15, 0.2) is 0 Å². The molecule has 0 unspecified atom stereocenters. The number of hydrogen-bond donors (Lipinski definition) is 3. The molecule has 1 aromatic rings. The van der Waals surface area contributed by atoms with Crippen LogP contribution in [0.1, 0.15) is 31.2 Å². The lowest BCUT2D eigenvalue weighted by atomic mass is 10.2. The first kappa shape index (κ1) is 12.2. The van der Waals surface area contributed by atoms with Gasteiger partial charge in [-0.1, -0.05) is 13.3 Å². The summed E-state index contributed by atoms with van der Waals surface area (Å²) in [5.41, 5.74) is 5.11. The highest BCUT2D eigenvalue weighted by Gasteiger charge is 2.12. The molecule has 0 aliphatic carbocycles. The van der Waals surface area contributed by atoms with E-state index in [1.165, 1.54) is 0 Å². The van der Waals surface area contributed by atoms with Crippen molar-refractivity contribution in [2.75, 3.05) is 5.73 Å².